The minimum Gasteiger partial charge on any atom is -0.467 e. The van der Waals surface area contributed by atoms with E-state index in [1.165, 1.54) is 12.0 Å². The summed E-state index contributed by atoms with van der Waals surface area (Å²) in [7, 11) is 1.29. The Kier molecular flexibility index (Phi) is 6.04. The van der Waals surface area contributed by atoms with E-state index < -0.39 is 47.5 Å². The summed E-state index contributed by atoms with van der Waals surface area (Å²) in [4.78, 5) is 40.0. The number of carbonyl (C=O) groups excluding carboxylic acids is 3. The van der Waals surface area contributed by atoms with Crippen LogP contribution < -0.4 is 5.32 Å². The lowest BCUT2D eigenvalue weighted by atomic mass is 9.81. The Hall–Kier alpha value is -1.93. The van der Waals surface area contributed by atoms with Crippen LogP contribution in [0.3, 0.4) is 0 Å². The molecule has 4 atom stereocenters. The number of piperidine rings is 1. The van der Waals surface area contributed by atoms with Crippen molar-refractivity contribution in [1.29, 1.82) is 0 Å². The number of methoxy groups -OCH3 is 1. The fraction of sp³-hybridized carbons (Fsp3) is 0.864. The summed E-state index contributed by atoms with van der Waals surface area (Å²) in [5.41, 5.74) is -0.845. The fourth-order valence-corrected chi connectivity index (χ4v) is 5.29. The Labute approximate surface area is 182 Å². The molecule has 0 bridgehead atoms. The molecule has 1 aliphatic heterocycles. The third kappa shape index (κ3) is 4.80. The quantitative estimate of drug-likeness (QED) is 0.672. The second kappa shape index (κ2) is 7.89. The third-order valence-corrected chi connectivity index (χ3v) is 7.11. The van der Waals surface area contributed by atoms with Gasteiger partial charge in [-0.25, -0.2) is 18.4 Å². The minimum atomic E-state index is -2.76. The van der Waals surface area contributed by atoms with Crippen LogP contribution >= 0.6 is 0 Å². The molecule has 1 saturated heterocycles. The summed E-state index contributed by atoms with van der Waals surface area (Å²) in [5, 5.41) is 2.63. The topological polar surface area (TPSA) is 84.9 Å². The fourth-order valence-electron chi connectivity index (χ4n) is 5.29. The number of ether oxygens (including phenoxy) is 2. The van der Waals surface area contributed by atoms with Gasteiger partial charge in [-0.3, -0.25) is 4.79 Å². The van der Waals surface area contributed by atoms with Gasteiger partial charge in [0.25, 0.3) is 0 Å². The second-order valence-corrected chi connectivity index (χ2v) is 10.7. The summed E-state index contributed by atoms with van der Waals surface area (Å²) >= 11 is 0. The highest BCUT2D eigenvalue weighted by Crippen LogP contribution is 2.65. The van der Waals surface area contributed by atoms with Crippen molar-refractivity contribution >= 4 is 18.0 Å². The number of esters is 1. The molecule has 3 rings (SSSR count). The number of halogens is 2. The smallest absolute Gasteiger partial charge is 0.408 e. The molecular weight excluding hydrogens is 410 g/mol. The van der Waals surface area contributed by atoms with E-state index in [1.807, 2.05) is 0 Å². The Balaban J connectivity index is 1.81. The molecule has 9 heteroatoms. The molecule has 176 valence electrons. The first-order valence-electron chi connectivity index (χ1n) is 10.9. The molecule has 1 unspecified atom stereocenters. The van der Waals surface area contributed by atoms with Crippen LogP contribution in [0.4, 0.5) is 13.6 Å². The highest BCUT2D eigenvalue weighted by molar-refractivity contribution is 5.91. The van der Waals surface area contributed by atoms with Gasteiger partial charge in [0.15, 0.2) is 0 Å². The number of alkyl carbamates (subject to hydrolysis) is 1. The predicted octanol–water partition coefficient (Wildman–Crippen LogP) is 3.36. The number of carbonyl (C=O) groups is 3. The first-order chi connectivity index (χ1) is 14.2. The monoisotopic (exact) mass is 444 g/mol. The van der Waals surface area contributed by atoms with Crippen molar-refractivity contribution in [3.63, 3.8) is 0 Å². The highest BCUT2D eigenvalue weighted by Gasteiger charge is 2.70. The largest absolute Gasteiger partial charge is 0.467 e. The van der Waals surface area contributed by atoms with E-state index in [0.717, 1.165) is 0 Å². The molecule has 2 aliphatic carbocycles. The summed E-state index contributed by atoms with van der Waals surface area (Å²) < 4.78 is 37.7. The number of amides is 2. The van der Waals surface area contributed by atoms with Gasteiger partial charge in [0.05, 0.1) is 7.11 Å². The van der Waals surface area contributed by atoms with E-state index in [0.29, 0.717) is 6.54 Å². The number of nitrogens with one attached hydrogen (secondary N) is 1. The van der Waals surface area contributed by atoms with Crippen molar-refractivity contribution in [3.05, 3.63) is 0 Å². The Morgan fingerprint density at radius 3 is 2.23 bits per heavy atom. The number of alkyl halides is 2. The summed E-state index contributed by atoms with van der Waals surface area (Å²) in [6, 6.07) is -1.76. The van der Waals surface area contributed by atoms with Crippen LogP contribution in [0, 0.1) is 23.2 Å². The van der Waals surface area contributed by atoms with Crippen LogP contribution in [-0.4, -0.2) is 60.1 Å². The molecule has 0 spiro atoms. The van der Waals surface area contributed by atoms with Gasteiger partial charge in [-0.1, -0.05) is 13.8 Å². The highest BCUT2D eigenvalue weighted by atomic mass is 19.3. The van der Waals surface area contributed by atoms with E-state index in [1.54, 1.807) is 20.8 Å². The van der Waals surface area contributed by atoms with E-state index in [2.05, 4.69) is 19.2 Å². The van der Waals surface area contributed by atoms with E-state index in [4.69, 9.17) is 9.47 Å². The van der Waals surface area contributed by atoms with Crippen molar-refractivity contribution in [1.82, 2.24) is 10.2 Å². The lowest BCUT2D eigenvalue weighted by molar-refractivity contribution is -0.154. The molecule has 1 N–H and O–H groups in total. The van der Waals surface area contributed by atoms with Gasteiger partial charge in [-0.15, -0.1) is 0 Å². The first kappa shape index (κ1) is 23.7. The third-order valence-electron chi connectivity index (χ3n) is 7.11. The number of fused-ring (bicyclic) bond motifs is 1. The zero-order chi connectivity index (χ0) is 23.4. The number of rotatable bonds is 4. The Bertz CT molecular complexity index is 739. The maximum atomic E-state index is 13.7. The van der Waals surface area contributed by atoms with Gasteiger partial charge in [0.2, 0.25) is 11.8 Å². The van der Waals surface area contributed by atoms with E-state index in [-0.39, 0.29) is 42.9 Å². The minimum absolute atomic E-state index is 0.0123. The van der Waals surface area contributed by atoms with Crippen molar-refractivity contribution in [2.75, 3.05) is 13.7 Å². The first-order valence-corrected chi connectivity index (χ1v) is 10.9. The van der Waals surface area contributed by atoms with Gasteiger partial charge >= 0.3 is 12.1 Å². The molecule has 0 aromatic carbocycles. The molecule has 7 nitrogen and oxygen atoms in total. The zero-order valence-electron chi connectivity index (χ0n) is 19.2. The van der Waals surface area contributed by atoms with Crippen LogP contribution in [0.1, 0.15) is 60.3 Å². The van der Waals surface area contributed by atoms with Crippen LogP contribution in [0.25, 0.3) is 0 Å². The molecule has 2 saturated carbocycles. The van der Waals surface area contributed by atoms with Gasteiger partial charge < -0.3 is 19.7 Å². The van der Waals surface area contributed by atoms with Crippen molar-refractivity contribution in [3.8, 4) is 0 Å². The van der Waals surface area contributed by atoms with Gasteiger partial charge in [0.1, 0.15) is 17.7 Å². The van der Waals surface area contributed by atoms with Gasteiger partial charge in [-0.05, 0) is 50.9 Å². The zero-order valence-corrected chi connectivity index (χ0v) is 19.2. The molecular formula is C22H34F2N2O5. The molecule has 1 heterocycles. The lowest BCUT2D eigenvalue weighted by Gasteiger charge is -2.37. The molecule has 2 amide bonds. The number of hydrogen-bond acceptors (Lipinski definition) is 5. The van der Waals surface area contributed by atoms with E-state index in [9.17, 15) is 23.2 Å². The number of likely N-dealkylation sites (tertiary alicyclic amines) is 1. The van der Waals surface area contributed by atoms with Gasteiger partial charge in [0, 0.05) is 25.3 Å². The maximum Gasteiger partial charge on any atom is 0.408 e. The lowest BCUT2D eigenvalue weighted by Crippen LogP contribution is -2.57. The number of nitrogens with zero attached hydrogens (tertiary/aromatic N) is 1. The van der Waals surface area contributed by atoms with Gasteiger partial charge in [-0.2, -0.15) is 0 Å². The average molecular weight is 445 g/mol. The Morgan fingerprint density at radius 1 is 1.13 bits per heavy atom. The second-order valence-electron chi connectivity index (χ2n) is 10.7. The predicted molar refractivity (Wildman–Crippen MR) is 108 cm³/mol. The SMILES string of the molecule is COC(=O)C1[C@@H]2[C@H](CN1C(=O)[C@@H](NC(=O)OC(C)(C)C)C1CCC(F)(F)CC1)C2(C)C. The standard InChI is InChI=1S/C22H34F2N2O5/c1-20(2,3)31-19(29)25-15(12-7-9-22(23,24)10-8-12)17(27)26-11-13-14(21(13,4)5)16(26)18(28)30-6/h12-16H,7-11H2,1-6H3,(H,25,29)/t13-,14-,15-,16?/m0/s1. The number of hydrogen-bond donors (Lipinski definition) is 1. The summed E-state index contributed by atoms with van der Waals surface area (Å²) in [5.74, 6) is -3.98. The van der Waals surface area contributed by atoms with Crippen LogP contribution in [0.2, 0.25) is 0 Å². The van der Waals surface area contributed by atoms with Crippen molar-refractivity contribution < 1.29 is 32.6 Å². The van der Waals surface area contributed by atoms with Crippen LogP contribution in [-0.2, 0) is 19.1 Å². The molecule has 31 heavy (non-hydrogen) atoms. The maximum absolute atomic E-state index is 13.7. The molecule has 3 fully saturated rings. The van der Waals surface area contributed by atoms with Crippen LogP contribution in [0.15, 0.2) is 0 Å². The van der Waals surface area contributed by atoms with Crippen molar-refractivity contribution in [2.24, 2.45) is 23.2 Å². The molecule has 0 aromatic heterocycles. The molecule has 0 radical (unpaired) electrons. The van der Waals surface area contributed by atoms with Crippen LogP contribution in [0.5, 0.6) is 0 Å². The summed E-state index contributed by atoms with van der Waals surface area (Å²) in [6.07, 6.45) is -1.24. The van der Waals surface area contributed by atoms with E-state index >= 15 is 0 Å². The normalized spacial score (nSPS) is 30.2. The molecule has 0 aromatic rings. The molecule has 3 aliphatic rings. The average Bonchev–Trinajstić information content (AvgIpc) is 3.00. The Morgan fingerprint density at radius 2 is 1.71 bits per heavy atom. The van der Waals surface area contributed by atoms with Crippen molar-refractivity contribution in [2.45, 2.75) is 83.9 Å². The summed E-state index contributed by atoms with van der Waals surface area (Å²) in [6.45, 7) is 9.60.